The summed E-state index contributed by atoms with van der Waals surface area (Å²) in [6.45, 7) is 0.385. The summed E-state index contributed by atoms with van der Waals surface area (Å²) in [5, 5.41) is 15.3. The average Bonchev–Trinajstić information content (AvgIpc) is 3.46. The maximum Gasteiger partial charge on any atom is 0.339 e. The fourth-order valence-electron chi connectivity index (χ4n) is 5.12. The lowest BCUT2D eigenvalue weighted by Crippen LogP contribution is -2.50. The molecule has 4 aromatic carbocycles. The van der Waals surface area contributed by atoms with E-state index in [0.717, 1.165) is 31.2 Å². The van der Waals surface area contributed by atoms with E-state index in [1.807, 2.05) is 54.6 Å². The van der Waals surface area contributed by atoms with Crippen LogP contribution in [0.5, 0.6) is 17.2 Å². The average molecular weight is 599 g/mol. The number of hydrogen-bond acceptors (Lipinski definition) is 5. The van der Waals surface area contributed by atoms with Crippen molar-refractivity contribution >= 4 is 35.1 Å². The van der Waals surface area contributed by atoms with Crippen molar-refractivity contribution in [3.05, 3.63) is 119 Å². The molecular weight excluding hydrogens is 568 g/mol. The maximum atomic E-state index is 12.8. The lowest BCUT2D eigenvalue weighted by atomic mass is 9.98. The highest BCUT2D eigenvalue weighted by Crippen LogP contribution is 2.32. The van der Waals surface area contributed by atoms with E-state index in [4.69, 9.17) is 21.1 Å². The third-order valence-electron chi connectivity index (χ3n) is 7.34. The number of halogens is 1. The van der Waals surface area contributed by atoms with Crippen LogP contribution in [0.3, 0.4) is 0 Å². The quantitative estimate of drug-likeness (QED) is 0.169. The van der Waals surface area contributed by atoms with Crippen LogP contribution < -0.4 is 20.1 Å². The van der Waals surface area contributed by atoms with Crippen molar-refractivity contribution in [1.82, 2.24) is 5.32 Å². The monoisotopic (exact) mass is 598 g/mol. The second-order valence-corrected chi connectivity index (χ2v) is 10.9. The Hall–Kier alpha value is -4.82. The van der Waals surface area contributed by atoms with Crippen molar-refractivity contribution in [2.24, 2.45) is 0 Å². The summed E-state index contributed by atoms with van der Waals surface area (Å²) in [6.07, 6.45) is 3.87. The molecule has 0 saturated heterocycles. The Morgan fingerprint density at radius 1 is 0.791 bits per heavy atom. The molecule has 220 valence electrons. The molecule has 0 aromatic heterocycles. The number of hydrogen-bond donors (Lipinski definition) is 3. The van der Waals surface area contributed by atoms with Crippen LogP contribution in [0.2, 0.25) is 5.02 Å². The number of carboxylic acid groups (broad SMARTS) is 1. The van der Waals surface area contributed by atoms with Crippen molar-refractivity contribution in [3.8, 4) is 17.2 Å². The van der Waals surface area contributed by atoms with Crippen LogP contribution in [-0.4, -0.2) is 35.0 Å². The first-order valence-corrected chi connectivity index (χ1v) is 14.4. The van der Waals surface area contributed by atoms with Crippen molar-refractivity contribution in [2.75, 3.05) is 11.9 Å². The number of nitrogens with one attached hydrogen (secondary N) is 2. The third kappa shape index (κ3) is 7.72. The number of rotatable bonds is 11. The van der Waals surface area contributed by atoms with Gasteiger partial charge in [-0.25, -0.2) is 4.79 Å². The van der Waals surface area contributed by atoms with Crippen LogP contribution >= 0.6 is 11.6 Å². The van der Waals surface area contributed by atoms with Crippen molar-refractivity contribution in [3.63, 3.8) is 0 Å². The number of anilines is 1. The zero-order valence-electron chi connectivity index (χ0n) is 23.3. The smallest absolute Gasteiger partial charge is 0.339 e. The molecule has 5 rings (SSSR count). The SMILES string of the molecule is O=C(Cc1ccc(Oc2ccc(OCC3(NC(=O)c4ccccc4)CCCC3)cc2)cc1)Nc1cccc(Cl)c1C(=O)O. The molecule has 1 fully saturated rings. The molecule has 43 heavy (non-hydrogen) atoms. The molecule has 4 aromatic rings. The highest BCUT2D eigenvalue weighted by atomic mass is 35.5. The van der Waals surface area contributed by atoms with Crippen LogP contribution in [0.15, 0.2) is 97.1 Å². The van der Waals surface area contributed by atoms with Gasteiger partial charge in [-0.2, -0.15) is 0 Å². The van der Waals surface area contributed by atoms with Gasteiger partial charge in [0.05, 0.1) is 22.7 Å². The number of ether oxygens (including phenoxy) is 2. The first kappa shape index (κ1) is 29.7. The van der Waals surface area contributed by atoms with E-state index in [0.29, 0.717) is 29.4 Å². The van der Waals surface area contributed by atoms with E-state index >= 15 is 0 Å². The van der Waals surface area contributed by atoms with Gasteiger partial charge >= 0.3 is 5.97 Å². The molecule has 8 nitrogen and oxygen atoms in total. The summed E-state index contributed by atoms with van der Waals surface area (Å²) in [5.41, 5.74) is 0.970. The Kier molecular flexibility index (Phi) is 9.27. The van der Waals surface area contributed by atoms with Crippen LogP contribution in [0.25, 0.3) is 0 Å². The lowest BCUT2D eigenvalue weighted by Gasteiger charge is -2.30. The first-order chi connectivity index (χ1) is 20.8. The summed E-state index contributed by atoms with van der Waals surface area (Å²) in [7, 11) is 0. The minimum Gasteiger partial charge on any atom is -0.491 e. The Morgan fingerprint density at radius 3 is 2.07 bits per heavy atom. The Labute approximate surface area is 254 Å². The molecule has 0 heterocycles. The molecule has 0 atom stereocenters. The second kappa shape index (κ2) is 13.4. The van der Waals surface area contributed by atoms with Crippen molar-refractivity contribution in [2.45, 2.75) is 37.6 Å². The zero-order valence-corrected chi connectivity index (χ0v) is 24.1. The molecule has 0 bridgehead atoms. The van der Waals surface area contributed by atoms with Gasteiger partial charge in [-0.1, -0.05) is 60.8 Å². The van der Waals surface area contributed by atoms with Crippen LogP contribution in [0.1, 0.15) is 52.0 Å². The number of carbonyl (C=O) groups is 3. The third-order valence-corrected chi connectivity index (χ3v) is 7.65. The summed E-state index contributed by atoms with van der Waals surface area (Å²) >= 11 is 5.98. The largest absolute Gasteiger partial charge is 0.491 e. The van der Waals surface area contributed by atoms with Gasteiger partial charge in [0.1, 0.15) is 29.4 Å². The molecule has 0 radical (unpaired) electrons. The van der Waals surface area contributed by atoms with Gasteiger partial charge in [-0.05, 0) is 79.1 Å². The normalized spacial score (nSPS) is 13.6. The molecule has 9 heteroatoms. The predicted octanol–water partition coefficient (Wildman–Crippen LogP) is 7.13. The number of carboxylic acids is 1. The van der Waals surface area contributed by atoms with E-state index in [2.05, 4.69) is 10.6 Å². The van der Waals surface area contributed by atoms with E-state index in [1.165, 1.54) is 12.1 Å². The van der Waals surface area contributed by atoms with Gasteiger partial charge in [-0.3, -0.25) is 9.59 Å². The van der Waals surface area contributed by atoms with Gasteiger partial charge in [0.25, 0.3) is 5.91 Å². The molecular formula is C34H31ClN2O6. The van der Waals surface area contributed by atoms with Crippen LogP contribution in [0, 0.1) is 0 Å². The maximum absolute atomic E-state index is 12.8. The Bertz CT molecular complexity index is 1580. The van der Waals surface area contributed by atoms with Gasteiger partial charge in [0, 0.05) is 5.56 Å². The second-order valence-electron chi connectivity index (χ2n) is 10.5. The Morgan fingerprint density at radius 2 is 1.42 bits per heavy atom. The number of amides is 2. The first-order valence-electron chi connectivity index (χ1n) is 14.0. The van der Waals surface area contributed by atoms with E-state index in [1.54, 1.807) is 30.3 Å². The van der Waals surface area contributed by atoms with Gasteiger partial charge < -0.3 is 25.2 Å². The number of benzene rings is 4. The fraction of sp³-hybridized carbons (Fsp3) is 0.206. The molecule has 1 aliphatic rings. The van der Waals surface area contributed by atoms with E-state index < -0.39 is 11.5 Å². The molecule has 0 spiro atoms. The number of aromatic carboxylic acids is 1. The molecule has 0 aliphatic heterocycles. The minimum atomic E-state index is -1.22. The van der Waals surface area contributed by atoms with E-state index in [9.17, 15) is 19.5 Å². The van der Waals surface area contributed by atoms with Gasteiger partial charge in [0.2, 0.25) is 5.91 Å². The summed E-state index contributed by atoms with van der Waals surface area (Å²) in [6, 6.07) is 28.1. The summed E-state index contributed by atoms with van der Waals surface area (Å²) < 4.78 is 12.1. The van der Waals surface area contributed by atoms with Crippen molar-refractivity contribution in [1.29, 1.82) is 0 Å². The highest BCUT2D eigenvalue weighted by molar-refractivity contribution is 6.34. The van der Waals surface area contributed by atoms with Crippen molar-refractivity contribution < 1.29 is 29.0 Å². The molecule has 3 N–H and O–H groups in total. The lowest BCUT2D eigenvalue weighted by molar-refractivity contribution is -0.115. The van der Waals surface area contributed by atoms with Crippen LogP contribution in [0.4, 0.5) is 5.69 Å². The topological polar surface area (TPSA) is 114 Å². The Balaban J connectivity index is 1.13. The minimum absolute atomic E-state index is 0.0468. The summed E-state index contributed by atoms with van der Waals surface area (Å²) in [4.78, 5) is 36.8. The molecule has 1 saturated carbocycles. The molecule has 2 amide bonds. The van der Waals surface area contributed by atoms with Gasteiger partial charge in [0.15, 0.2) is 0 Å². The fourth-order valence-corrected chi connectivity index (χ4v) is 5.38. The molecule has 1 aliphatic carbocycles. The van der Waals surface area contributed by atoms with Crippen LogP contribution in [-0.2, 0) is 11.2 Å². The standard InChI is InChI=1S/C34H31ClN2O6/c35-28-9-6-10-29(31(28)33(40)41)36-30(38)21-23-11-13-26(14-12-23)43-27-17-15-25(16-18-27)42-22-34(19-4-5-20-34)37-32(39)24-7-2-1-3-8-24/h1-3,6-18H,4-5,19-22H2,(H,36,38)(H,37,39)(H,40,41). The number of carbonyl (C=O) groups excluding carboxylic acids is 2. The van der Waals surface area contributed by atoms with Gasteiger partial charge in [-0.15, -0.1) is 0 Å². The zero-order chi connectivity index (χ0) is 30.2. The molecule has 0 unspecified atom stereocenters. The highest BCUT2D eigenvalue weighted by Gasteiger charge is 2.36. The van der Waals surface area contributed by atoms with E-state index in [-0.39, 0.29) is 34.5 Å². The summed E-state index contributed by atoms with van der Waals surface area (Å²) in [5.74, 6) is 0.219. The predicted molar refractivity (Wildman–Crippen MR) is 164 cm³/mol.